The molecule has 0 saturated heterocycles. The van der Waals surface area contributed by atoms with Gasteiger partial charge in [0.1, 0.15) is 23.9 Å². The molecule has 166 valence electrons. The van der Waals surface area contributed by atoms with Crippen molar-refractivity contribution in [1.29, 1.82) is 0 Å². The quantitative estimate of drug-likeness (QED) is 0.175. The van der Waals surface area contributed by atoms with Crippen LogP contribution in [0.5, 0.6) is 17.2 Å². The number of nitrogens with zero attached hydrogens (tertiary/aromatic N) is 1. The van der Waals surface area contributed by atoms with E-state index >= 15 is 0 Å². The molecule has 0 saturated carbocycles. The number of hydrogen-bond donors (Lipinski definition) is 1. The fraction of sp³-hybridized carbons (Fsp3) is 0.333. The van der Waals surface area contributed by atoms with Gasteiger partial charge < -0.3 is 14.2 Å². The van der Waals surface area contributed by atoms with E-state index in [-0.39, 0.29) is 5.91 Å². The molecular weight excluding hydrogens is 460 g/mol. The molecule has 1 amide bonds. The minimum absolute atomic E-state index is 0.361. The van der Waals surface area contributed by atoms with Gasteiger partial charge in [-0.1, -0.05) is 48.4 Å². The first-order chi connectivity index (χ1) is 15.0. The Labute approximate surface area is 192 Å². The fourth-order valence-electron chi connectivity index (χ4n) is 2.57. The molecule has 31 heavy (non-hydrogen) atoms. The molecule has 2 aromatic carbocycles. The van der Waals surface area contributed by atoms with Crippen LogP contribution in [-0.4, -0.2) is 31.4 Å². The summed E-state index contributed by atoms with van der Waals surface area (Å²) in [6, 6.07) is 12.8. The van der Waals surface area contributed by atoms with Gasteiger partial charge in [-0.05, 0) is 55.8 Å². The van der Waals surface area contributed by atoms with Gasteiger partial charge >= 0.3 is 0 Å². The van der Waals surface area contributed by atoms with Crippen molar-refractivity contribution in [1.82, 2.24) is 5.43 Å². The van der Waals surface area contributed by atoms with Crippen LogP contribution in [0, 0.1) is 0 Å². The molecule has 0 aromatic heterocycles. The fourth-order valence-corrected chi connectivity index (χ4v) is 2.95. The lowest BCUT2D eigenvalue weighted by molar-refractivity contribution is -0.127. The number of hydrazone groups is 1. The Morgan fingerprint density at radius 1 is 1.16 bits per heavy atom. The van der Waals surface area contributed by atoms with E-state index in [4.69, 9.17) is 14.2 Å². The zero-order chi connectivity index (χ0) is 22.5. The number of amides is 1. The topological polar surface area (TPSA) is 69.2 Å². The molecule has 0 fully saturated rings. The number of nitrogens with one attached hydrogen (secondary N) is 1. The predicted octanol–water partition coefficient (Wildman–Crippen LogP) is 5.50. The van der Waals surface area contributed by atoms with Crippen molar-refractivity contribution >= 4 is 28.1 Å². The molecule has 2 aromatic rings. The number of rotatable bonds is 13. The summed E-state index contributed by atoms with van der Waals surface area (Å²) in [4.78, 5) is 12.3. The van der Waals surface area contributed by atoms with Gasteiger partial charge in [0, 0.05) is 10.0 Å². The molecule has 0 heterocycles. The van der Waals surface area contributed by atoms with Crippen LogP contribution < -0.4 is 19.6 Å². The van der Waals surface area contributed by atoms with E-state index in [1.165, 1.54) is 6.21 Å². The second-order valence-electron chi connectivity index (χ2n) is 6.80. The lowest BCUT2D eigenvalue weighted by Crippen LogP contribution is -2.33. The standard InChI is InChI=1S/C24H29BrN2O4/c1-4-6-7-15-29-21-9-11-22(12-10-21)31-18(3)24(28)27-26-17-19-16-20(25)8-13-23(19)30-14-5-2/h5,8-13,16-18H,2,4,6-7,14-15H2,1,3H3,(H,27,28)/b26-17-/t18-/m1/s1. The molecule has 0 aliphatic carbocycles. The average molecular weight is 489 g/mol. The van der Waals surface area contributed by atoms with Gasteiger partial charge in [-0.3, -0.25) is 4.79 Å². The van der Waals surface area contributed by atoms with Crippen LogP contribution in [0.2, 0.25) is 0 Å². The summed E-state index contributed by atoms with van der Waals surface area (Å²) in [7, 11) is 0. The van der Waals surface area contributed by atoms with Gasteiger partial charge in [0.25, 0.3) is 5.91 Å². The first kappa shape index (κ1) is 24.5. The number of unbranched alkanes of at least 4 members (excludes halogenated alkanes) is 2. The summed E-state index contributed by atoms with van der Waals surface area (Å²) in [6.07, 6.45) is 5.82. The molecular formula is C24H29BrN2O4. The Hall–Kier alpha value is -2.80. The largest absolute Gasteiger partial charge is 0.494 e. The Balaban J connectivity index is 1.86. The van der Waals surface area contributed by atoms with E-state index in [0.717, 1.165) is 35.0 Å². The van der Waals surface area contributed by atoms with Crippen LogP contribution in [0.15, 0.2) is 64.7 Å². The van der Waals surface area contributed by atoms with Gasteiger partial charge in [-0.15, -0.1) is 0 Å². The van der Waals surface area contributed by atoms with E-state index in [1.807, 2.05) is 30.3 Å². The molecule has 0 bridgehead atoms. The van der Waals surface area contributed by atoms with E-state index < -0.39 is 6.10 Å². The smallest absolute Gasteiger partial charge is 0.280 e. The molecule has 1 N–H and O–H groups in total. The summed E-state index contributed by atoms with van der Waals surface area (Å²) in [5.41, 5.74) is 3.22. The molecule has 0 unspecified atom stereocenters. The first-order valence-corrected chi connectivity index (χ1v) is 11.1. The summed E-state index contributed by atoms with van der Waals surface area (Å²) in [5, 5.41) is 4.03. The maximum Gasteiger partial charge on any atom is 0.280 e. The van der Waals surface area contributed by atoms with Crippen molar-refractivity contribution in [2.45, 2.75) is 39.2 Å². The molecule has 2 rings (SSSR count). The van der Waals surface area contributed by atoms with Crippen LogP contribution in [0.25, 0.3) is 0 Å². The van der Waals surface area contributed by atoms with Crippen LogP contribution in [0.3, 0.4) is 0 Å². The Bertz CT molecular complexity index is 868. The van der Waals surface area contributed by atoms with Crippen molar-refractivity contribution in [2.24, 2.45) is 5.10 Å². The molecule has 0 spiro atoms. The second kappa shape index (κ2) is 13.5. The highest BCUT2D eigenvalue weighted by atomic mass is 79.9. The van der Waals surface area contributed by atoms with Crippen molar-refractivity contribution in [2.75, 3.05) is 13.2 Å². The van der Waals surface area contributed by atoms with E-state index in [0.29, 0.717) is 24.7 Å². The maximum atomic E-state index is 12.3. The highest BCUT2D eigenvalue weighted by molar-refractivity contribution is 9.10. The van der Waals surface area contributed by atoms with Crippen molar-refractivity contribution in [3.05, 3.63) is 65.2 Å². The second-order valence-corrected chi connectivity index (χ2v) is 7.72. The third-order valence-corrected chi connectivity index (χ3v) is 4.72. The summed E-state index contributed by atoms with van der Waals surface area (Å²) < 4.78 is 17.8. The lowest BCUT2D eigenvalue weighted by atomic mass is 10.2. The Morgan fingerprint density at radius 3 is 2.61 bits per heavy atom. The minimum Gasteiger partial charge on any atom is -0.494 e. The van der Waals surface area contributed by atoms with E-state index in [1.54, 1.807) is 25.1 Å². The molecule has 0 aliphatic rings. The number of carbonyl (C=O) groups is 1. The third kappa shape index (κ3) is 8.84. The highest BCUT2D eigenvalue weighted by Crippen LogP contribution is 2.22. The number of carbonyl (C=O) groups excluding carboxylic acids is 1. The van der Waals surface area contributed by atoms with E-state index in [9.17, 15) is 4.79 Å². The normalized spacial score (nSPS) is 11.7. The Kier molecular flexibility index (Phi) is 10.6. The van der Waals surface area contributed by atoms with Gasteiger partial charge in [0.05, 0.1) is 12.8 Å². The first-order valence-electron chi connectivity index (χ1n) is 10.3. The lowest BCUT2D eigenvalue weighted by Gasteiger charge is -2.13. The van der Waals surface area contributed by atoms with Crippen LogP contribution >= 0.6 is 15.9 Å². The third-order valence-electron chi connectivity index (χ3n) is 4.23. The van der Waals surface area contributed by atoms with Gasteiger partial charge in [-0.25, -0.2) is 5.43 Å². The van der Waals surface area contributed by atoms with Crippen LogP contribution in [0.1, 0.15) is 38.7 Å². The monoisotopic (exact) mass is 488 g/mol. The van der Waals surface area contributed by atoms with Crippen LogP contribution in [-0.2, 0) is 4.79 Å². The summed E-state index contributed by atoms with van der Waals surface area (Å²) in [5.74, 6) is 1.65. The number of halogens is 1. The maximum absolute atomic E-state index is 12.3. The SMILES string of the molecule is C=CCOc1ccc(Br)cc1/C=N\NC(=O)[C@@H](C)Oc1ccc(OCCCCC)cc1. The number of ether oxygens (including phenoxy) is 3. The summed E-state index contributed by atoms with van der Waals surface area (Å²) in [6.45, 7) is 8.54. The molecule has 1 atom stereocenters. The molecule has 0 aliphatic heterocycles. The van der Waals surface area contributed by atoms with Gasteiger partial charge in [-0.2, -0.15) is 5.10 Å². The molecule has 0 radical (unpaired) electrons. The van der Waals surface area contributed by atoms with E-state index in [2.05, 4.69) is 40.0 Å². The van der Waals surface area contributed by atoms with Gasteiger partial charge in [0.15, 0.2) is 6.10 Å². The zero-order valence-corrected chi connectivity index (χ0v) is 19.6. The van der Waals surface area contributed by atoms with Crippen molar-refractivity contribution in [3.63, 3.8) is 0 Å². The number of hydrogen-bond acceptors (Lipinski definition) is 5. The van der Waals surface area contributed by atoms with Crippen LogP contribution in [0.4, 0.5) is 0 Å². The zero-order valence-electron chi connectivity index (χ0n) is 18.0. The molecule has 7 heteroatoms. The predicted molar refractivity (Wildman–Crippen MR) is 127 cm³/mol. The van der Waals surface area contributed by atoms with Gasteiger partial charge in [0.2, 0.25) is 0 Å². The highest BCUT2D eigenvalue weighted by Gasteiger charge is 2.14. The number of benzene rings is 2. The average Bonchev–Trinajstić information content (AvgIpc) is 2.77. The Morgan fingerprint density at radius 2 is 1.90 bits per heavy atom. The molecule has 6 nitrogen and oxygen atoms in total. The minimum atomic E-state index is -0.715. The van der Waals surface area contributed by atoms with Crippen molar-refractivity contribution < 1.29 is 19.0 Å². The summed E-state index contributed by atoms with van der Waals surface area (Å²) >= 11 is 3.42. The van der Waals surface area contributed by atoms with Crippen molar-refractivity contribution in [3.8, 4) is 17.2 Å².